The lowest BCUT2D eigenvalue weighted by atomic mass is 9.92. The maximum Gasteiger partial charge on any atom is 0.135 e. The Hall–Kier alpha value is -6.44. The third-order valence-electron chi connectivity index (χ3n) is 9.43. The number of hydrogen-bond donors (Lipinski definition) is 0. The van der Waals surface area contributed by atoms with Crippen LogP contribution in [0.4, 0.5) is 0 Å². The van der Waals surface area contributed by atoms with Crippen molar-refractivity contribution in [3.05, 3.63) is 194 Å². The Labute approximate surface area is 286 Å². The minimum atomic E-state index is 0.890. The van der Waals surface area contributed by atoms with Crippen LogP contribution in [0.15, 0.2) is 199 Å². The van der Waals surface area contributed by atoms with Crippen LogP contribution < -0.4 is 0 Å². The zero-order chi connectivity index (χ0) is 32.6. The fourth-order valence-electron chi connectivity index (χ4n) is 6.91. The van der Waals surface area contributed by atoms with E-state index >= 15 is 0 Å². The van der Waals surface area contributed by atoms with Crippen molar-refractivity contribution >= 4 is 21.9 Å². The Morgan fingerprint density at radius 2 is 0.469 bits per heavy atom. The number of rotatable bonds is 6. The molecule has 0 bridgehead atoms. The molecule has 230 valence electrons. The summed E-state index contributed by atoms with van der Waals surface area (Å²) in [6, 6.07) is 69.5. The molecule has 9 aromatic rings. The molecule has 1 heteroatoms. The van der Waals surface area contributed by atoms with Crippen LogP contribution in [0.2, 0.25) is 0 Å². The first kappa shape index (κ1) is 28.8. The minimum absolute atomic E-state index is 0.890. The fourth-order valence-corrected chi connectivity index (χ4v) is 6.91. The van der Waals surface area contributed by atoms with Crippen LogP contribution in [-0.4, -0.2) is 0 Å². The average Bonchev–Trinajstić information content (AvgIpc) is 3.56. The summed E-state index contributed by atoms with van der Waals surface area (Å²) >= 11 is 0. The summed E-state index contributed by atoms with van der Waals surface area (Å²) < 4.78 is 6.41. The fraction of sp³-hybridized carbons (Fsp3) is 0. The van der Waals surface area contributed by atoms with Gasteiger partial charge in [-0.3, -0.25) is 0 Å². The highest BCUT2D eigenvalue weighted by Crippen LogP contribution is 2.39. The van der Waals surface area contributed by atoms with Gasteiger partial charge in [0.15, 0.2) is 0 Å². The van der Waals surface area contributed by atoms with Crippen molar-refractivity contribution < 1.29 is 4.42 Å². The highest BCUT2D eigenvalue weighted by molar-refractivity contribution is 6.08. The van der Waals surface area contributed by atoms with E-state index in [4.69, 9.17) is 4.42 Å². The molecule has 0 aliphatic carbocycles. The minimum Gasteiger partial charge on any atom is -0.456 e. The first-order chi connectivity index (χ1) is 24.2. The summed E-state index contributed by atoms with van der Waals surface area (Å²) in [5.74, 6) is 0. The van der Waals surface area contributed by atoms with E-state index in [1.807, 2.05) is 0 Å². The molecule has 0 radical (unpaired) electrons. The van der Waals surface area contributed by atoms with E-state index in [9.17, 15) is 0 Å². The predicted octanol–water partition coefficient (Wildman–Crippen LogP) is 13.6. The Kier molecular flexibility index (Phi) is 7.22. The summed E-state index contributed by atoms with van der Waals surface area (Å²) in [5, 5.41) is 2.23. The van der Waals surface area contributed by atoms with E-state index in [0.717, 1.165) is 33.1 Å². The molecule has 0 aliphatic heterocycles. The molecule has 0 fully saturated rings. The number of furan rings is 1. The van der Waals surface area contributed by atoms with Gasteiger partial charge in [-0.2, -0.15) is 0 Å². The Morgan fingerprint density at radius 1 is 0.204 bits per heavy atom. The lowest BCUT2D eigenvalue weighted by Crippen LogP contribution is -1.86. The summed E-state index contributed by atoms with van der Waals surface area (Å²) in [5.41, 5.74) is 16.1. The molecule has 8 aromatic carbocycles. The molecule has 1 heterocycles. The van der Waals surface area contributed by atoms with E-state index in [0.29, 0.717) is 0 Å². The van der Waals surface area contributed by atoms with Crippen LogP contribution in [0.5, 0.6) is 0 Å². The van der Waals surface area contributed by atoms with E-state index < -0.39 is 0 Å². The van der Waals surface area contributed by atoms with Crippen molar-refractivity contribution in [3.63, 3.8) is 0 Å². The first-order valence-electron chi connectivity index (χ1n) is 16.7. The Balaban J connectivity index is 1.19. The molecule has 49 heavy (non-hydrogen) atoms. The Morgan fingerprint density at radius 3 is 0.755 bits per heavy atom. The molecule has 0 amide bonds. The SMILES string of the molecule is c1ccc(-c2cc(-c3ccccc3)cc(-c3ccc4oc5ccc(-c6cc(-c7ccccc7)cc(-c7ccccc7)c6)cc5c4c3)c2)cc1. The van der Waals surface area contributed by atoms with Gasteiger partial charge < -0.3 is 4.42 Å². The van der Waals surface area contributed by atoms with Crippen molar-refractivity contribution in [2.45, 2.75) is 0 Å². The summed E-state index contributed by atoms with van der Waals surface area (Å²) in [6.45, 7) is 0. The molecule has 1 nitrogen and oxygen atoms in total. The lowest BCUT2D eigenvalue weighted by Gasteiger charge is -2.12. The van der Waals surface area contributed by atoms with Crippen LogP contribution in [0, 0.1) is 0 Å². The zero-order valence-electron chi connectivity index (χ0n) is 26.9. The molecule has 0 saturated carbocycles. The van der Waals surface area contributed by atoms with Crippen molar-refractivity contribution in [1.82, 2.24) is 0 Å². The van der Waals surface area contributed by atoms with Crippen LogP contribution in [0.1, 0.15) is 0 Å². The highest BCUT2D eigenvalue weighted by atomic mass is 16.3. The van der Waals surface area contributed by atoms with Gasteiger partial charge in [0.25, 0.3) is 0 Å². The predicted molar refractivity (Wildman–Crippen MR) is 206 cm³/mol. The van der Waals surface area contributed by atoms with E-state index in [1.165, 1.54) is 55.6 Å². The molecular weight excluding hydrogens is 593 g/mol. The van der Waals surface area contributed by atoms with Gasteiger partial charge >= 0.3 is 0 Å². The molecule has 0 unspecified atom stereocenters. The second kappa shape index (κ2) is 12.3. The number of fused-ring (bicyclic) bond motifs is 3. The standard InChI is InChI=1S/C48H32O/c1-5-13-33(14-6-1)39-25-40(34-15-7-2-8-16-34)28-43(27-39)37-21-23-47-45(31-37)46-32-38(22-24-48(46)49-47)44-29-41(35-17-9-3-10-18-35)26-42(30-44)36-19-11-4-12-20-36/h1-32H. The van der Waals surface area contributed by atoms with Gasteiger partial charge in [0.2, 0.25) is 0 Å². The monoisotopic (exact) mass is 624 g/mol. The third kappa shape index (κ3) is 5.62. The van der Waals surface area contributed by atoms with Gasteiger partial charge in [-0.15, -0.1) is 0 Å². The lowest BCUT2D eigenvalue weighted by molar-refractivity contribution is 0.669. The quantitative estimate of drug-likeness (QED) is 0.179. The van der Waals surface area contributed by atoms with Crippen molar-refractivity contribution in [3.8, 4) is 66.8 Å². The van der Waals surface area contributed by atoms with Gasteiger partial charge in [0.05, 0.1) is 0 Å². The van der Waals surface area contributed by atoms with Crippen molar-refractivity contribution in [2.24, 2.45) is 0 Å². The third-order valence-corrected chi connectivity index (χ3v) is 9.43. The van der Waals surface area contributed by atoms with Gasteiger partial charge in [0.1, 0.15) is 11.2 Å². The number of hydrogen-bond acceptors (Lipinski definition) is 1. The van der Waals surface area contributed by atoms with Crippen LogP contribution in [0.25, 0.3) is 88.7 Å². The topological polar surface area (TPSA) is 13.1 Å². The summed E-state index contributed by atoms with van der Waals surface area (Å²) in [7, 11) is 0. The van der Waals surface area contributed by atoms with Gasteiger partial charge in [-0.1, -0.05) is 133 Å². The second-order valence-corrected chi connectivity index (χ2v) is 12.6. The molecular formula is C48H32O. The van der Waals surface area contributed by atoms with Crippen molar-refractivity contribution in [2.75, 3.05) is 0 Å². The molecule has 0 N–H and O–H groups in total. The normalized spacial score (nSPS) is 11.3. The van der Waals surface area contributed by atoms with Crippen LogP contribution in [-0.2, 0) is 0 Å². The molecule has 0 spiro atoms. The Bertz CT molecular complexity index is 2270. The molecule has 0 saturated heterocycles. The highest BCUT2D eigenvalue weighted by Gasteiger charge is 2.14. The molecule has 9 rings (SSSR count). The van der Waals surface area contributed by atoms with Gasteiger partial charge in [-0.25, -0.2) is 0 Å². The van der Waals surface area contributed by atoms with Gasteiger partial charge in [0, 0.05) is 10.8 Å². The van der Waals surface area contributed by atoms with Crippen molar-refractivity contribution in [1.29, 1.82) is 0 Å². The van der Waals surface area contributed by atoms with Crippen LogP contribution >= 0.6 is 0 Å². The van der Waals surface area contributed by atoms with E-state index in [2.05, 4.69) is 194 Å². The van der Waals surface area contributed by atoms with Gasteiger partial charge in [-0.05, 0) is 127 Å². The maximum atomic E-state index is 6.41. The van der Waals surface area contributed by atoms with E-state index in [1.54, 1.807) is 0 Å². The first-order valence-corrected chi connectivity index (χ1v) is 16.7. The smallest absolute Gasteiger partial charge is 0.135 e. The number of benzene rings is 8. The zero-order valence-corrected chi connectivity index (χ0v) is 26.9. The summed E-state index contributed by atoms with van der Waals surface area (Å²) in [6.07, 6.45) is 0. The van der Waals surface area contributed by atoms with Crippen LogP contribution in [0.3, 0.4) is 0 Å². The maximum absolute atomic E-state index is 6.41. The summed E-state index contributed by atoms with van der Waals surface area (Å²) in [4.78, 5) is 0. The average molecular weight is 625 g/mol. The molecule has 0 aliphatic rings. The molecule has 1 aromatic heterocycles. The van der Waals surface area contributed by atoms with E-state index in [-0.39, 0.29) is 0 Å². The molecule has 0 atom stereocenters. The largest absolute Gasteiger partial charge is 0.456 e. The second-order valence-electron chi connectivity index (χ2n) is 12.6.